The van der Waals surface area contributed by atoms with Crippen LogP contribution in [-0.4, -0.2) is 54.3 Å². The van der Waals surface area contributed by atoms with Gasteiger partial charge in [-0.15, -0.1) is 0 Å². The Bertz CT molecular complexity index is 659. The Kier molecular flexibility index (Phi) is 4.89. The molecule has 1 aromatic carbocycles. The van der Waals surface area contributed by atoms with E-state index in [1.807, 2.05) is 24.3 Å². The molecule has 4 N–H and O–H groups in total. The Morgan fingerprint density at radius 2 is 2.04 bits per heavy atom. The number of aromatic nitrogens is 2. The molecule has 3 rings (SSSR count). The van der Waals surface area contributed by atoms with Crippen LogP contribution in [0.3, 0.4) is 0 Å². The maximum absolute atomic E-state index is 5.91. The van der Waals surface area contributed by atoms with E-state index >= 15 is 0 Å². The average Bonchev–Trinajstić information content (AvgIpc) is 2.56. The van der Waals surface area contributed by atoms with E-state index in [-0.39, 0.29) is 5.95 Å². The van der Waals surface area contributed by atoms with Crippen LogP contribution >= 0.6 is 0 Å². The lowest BCUT2D eigenvalue weighted by Gasteiger charge is -2.26. The average molecular weight is 315 g/mol. The summed E-state index contributed by atoms with van der Waals surface area (Å²) in [5.74, 6) is 1.33. The predicted octanol–water partition coefficient (Wildman–Crippen LogP) is 1.02. The van der Waals surface area contributed by atoms with E-state index in [0.717, 1.165) is 49.7 Å². The van der Waals surface area contributed by atoms with Gasteiger partial charge in [0.05, 0.1) is 13.2 Å². The van der Waals surface area contributed by atoms with Crippen molar-refractivity contribution >= 4 is 11.8 Å². The lowest BCUT2D eigenvalue weighted by molar-refractivity contribution is 0.0322. The highest BCUT2D eigenvalue weighted by molar-refractivity contribution is 5.74. The highest BCUT2D eigenvalue weighted by Gasteiger charge is 2.10. The minimum atomic E-state index is 0.171. The van der Waals surface area contributed by atoms with E-state index in [9.17, 15) is 0 Å². The minimum Gasteiger partial charge on any atom is -0.492 e. The van der Waals surface area contributed by atoms with Gasteiger partial charge < -0.3 is 20.9 Å². The van der Waals surface area contributed by atoms with Crippen LogP contribution in [0, 0.1) is 0 Å². The molecule has 1 saturated heterocycles. The number of hydrogen-bond donors (Lipinski definition) is 2. The van der Waals surface area contributed by atoms with E-state index < -0.39 is 0 Å². The van der Waals surface area contributed by atoms with Crippen molar-refractivity contribution in [1.82, 2.24) is 14.9 Å². The van der Waals surface area contributed by atoms with Gasteiger partial charge in [0.25, 0.3) is 0 Å². The Balaban J connectivity index is 1.62. The van der Waals surface area contributed by atoms with Crippen LogP contribution in [0.1, 0.15) is 0 Å². The molecule has 0 amide bonds. The molecule has 0 aliphatic carbocycles. The third kappa shape index (κ3) is 4.08. The van der Waals surface area contributed by atoms with E-state index in [4.69, 9.17) is 20.9 Å². The summed E-state index contributed by atoms with van der Waals surface area (Å²) in [6, 6.07) is 7.73. The number of nitrogen functional groups attached to an aromatic ring is 2. The first-order valence-electron chi connectivity index (χ1n) is 7.64. The number of hydrogen-bond acceptors (Lipinski definition) is 7. The number of ether oxygens (including phenoxy) is 2. The molecule has 0 unspecified atom stereocenters. The third-order valence-corrected chi connectivity index (χ3v) is 3.76. The summed E-state index contributed by atoms with van der Waals surface area (Å²) < 4.78 is 11.2. The summed E-state index contributed by atoms with van der Waals surface area (Å²) in [7, 11) is 0. The molecule has 0 radical (unpaired) electrons. The first-order chi connectivity index (χ1) is 11.2. The molecule has 1 fully saturated rings. The van der Waals surface area contributed by atoms with Crippen molar-refractivity contribution in [3.63, 3.8) is 0 Å². The van der Waals surface area contributed by atoms with E-state index in [0.29, 0.717) is 12.4 Å². The molecule has 0 atom stereocenters. The van der Waals surface area contributed by atoms with E-state index in [2.05, 4.69) is 14.9 Å². The molecule has 2 heterocycles. The van der Waals surface area contributed by atoms with Crippen LogP contribution in [0.4, 0.5) is 11.8 Å². The molecule has 23 heavy (non-hydrogen) atoms. The fourth-order valence-corrected chi connectivity index (χ4v) is 2.50. The molecule has 1 aliphatic heterocycles. The normalized spacial score (nSPS) is 15.5. The topological polar surface area (TPSA) is 99.5 Å². The molecule has 2 aromatic rings. The summed E-state index contributed by atoms with van der Waals surface area (Å²) in [6.45, 7) is 5.04. The van der Waals surface area contributed by atoms with Crippen molar-refractivity contribution in [1.29, 1.82) is 0 Å². The molecule has 0 saturated carbocycles. The molecule has 7 nitrogen and oxygen atoms in total. The van der Waals surface area contributed by atoms with Gasteiger partial charge in [0, 0.05) is 31.4 Å². The fourth-order valence-electron chi connectivity index (χ4n) is 2.50. The van der Waals surface area contributed by atoms with Crippen molar-refractivity contribution in [2.24, 2.45) is 0 Å². The Morgan fingerprint density at radius 1 is 1.22 bits per heavy atom. The molecular weight excluding hydrogens is 294 g/mol. The van der Waals surface area contributed by atoms with Gasteiger partial charge in [0.2, 0.25) is 5.95 Å². The number of rotatable bonds is 5. The third-order valence-electron chi connectivity index (χ3n) is 3.76. The van der Waals surface area contributed by atoms with E-state index in [1.54, 1.807) is 6.20 Å². The molecule has 1 aromatic heterocycles. The van der Waals surface area contributed by atoms with Gasteiger partial charge in [-0.1, -0.05) is 12.1 Å². The summed E-state index contributed by atoms with van der Waals surface area (Å²) in [5.41, 5.74) is 13.1. The summed E-state index contributed by atoms with van der Waals surface area (Å²) in [6.07, 6.45) is 1.63. The van der Waals surface area contributed by atoms with Crippen molar-refractivity contribution in [2.75, 3.05) is 50.9 Å². The largest absolute Gasteiger partial charge is 0.492 e. The molecular formula is C16H21N5O2. The lowest BCUT2D eigenvalue weighted by atomic mass is 10.1. The SMILES string of the molecule is Nc1ncc(-c2cccc(OCCN3CCOCC3)c2)c(N)n1. The lowest BCUT2D eigenvalue weighted by Crippen LogP contribution is -2.38. The second-order valence-corrected chi connectivity index (χ2v) is 5.36. The van der Waals surface area contributed by atoms with Gasteiger partial charge in [-0.25, -0.2) is 4.98 Å². The highest BCUT2D eigenvalue weighted by Crippen LogP contribution is 2.27. The number of nitrogens with two attached hydrogens (primary N) is 2. The van der Waals surface area contributed by atoms with Crippen LogP contribution in [0.5, 0.6) is 5.75 Å². The number of nitrogens with zero attached hydrogens (tertiary/aromatic N) is 3. The van der Waals surface area contributed by atoms with Crippen LogP contribution in [0.25, 0.3) is 11.1 Å². The first-order valence-corrected chi connectivity index (χ1v) is 7.64. The van der Waals surface area contributed by atoms with Crippen LogP contribution in [0.2, 0.25) is 0 Å². The molecule has 122 valence electrons. The fraction of sp³-hybridized carbons (Fsp3) is 0.375. The number of anilines is 2. The van der Waals surface area contributed by atoms with Crippen LogP contribution < -0.4 is 16.2 Å². The molecule has 0 spiro atoms. The minimum absolute atomic E-state index is 0.171. The second-order valence-electron chi connectivity index (χ2n) is 5.36. The standard InChI is InChI=1S/C16H21N5O2/c17-15-14(11-19-16(18)20-15)12-2-1-3-13(10-12)23-9-6-21-4-7-22-8-5-21/h1-3,10-11H,4-9H2,(H4,17,18,19,20). The Morgan fingerprint density at radius 3 is 2.83 bits per heavy atom. The molecule has 1 aliphatic rings. The number of morpholine rings is 1. The maximum Gasteiger partial charge on any atom is 0.221 e. The zero-order valence-electron chi connectivity index (χ0n) is 12.9. The Hall–Kier alpha value is -2.38. The summed E-state index contributed by atoms with van der Waals surface area (Å²) >= 11 is 0. The quantitative estimate of drug-likeness (QED) is 0.849. The molecule has 7 heteroatoms. The summed E-state index contributed by atoms with van der Waals surface area (Å²) in [5, 5.41) is 0. The van der Waals surface area contributed by atoms with Gasteiger partial charge in [0.15, 0.2) is 0 Å². The smallest absolute Gasteiger partial charge is 0.221 e. The van der Waals surface area contributed by atoms with E-state index in [1.165, 1.54) is 0 Å². The zero-order chi connectivity index (χ0) is 16.1. The van der Waals surface area contributed by atoms with Gasteiger partial charge in [-0.3, -0.25) is 4.90 Å². The Labute approximate surface area is 135 Å². The van der Waals surface area contributed by atoms with Crippen molar-refractivity contribution in [2.45, 2.75) is 0 Å². The van der Waals surface area contributed by atoms with Crippen molar-refractivity contribution in [3.8, 4) is 16.9 Å². The second kappa shape index (κ2) is 7.26. The summed E-state index contributed by atoms with van der Waals surface area (Å²) in [4.78, 5) is 10.3. The van der Waals surface area contributed by atoms with Crippen LogP contribution in [-0.2, 0) is 4.74 Å². The van der Waals surface area contributed by atoms with Gasteiger partial charge >= 0.3 is 0 Å². The van der Waals surface area contributed by atoms with Gasteiger partial charge in [-0.05, 0) is 17.7 Å². The maximum atomic E-state index is 5.91. The van der Waals surface area contributed by atoms with Crippen molar-refractivity contribution in [3.05, 3.63) is 30.5 Å². The number of benzene rings is 1. The van der Waals surface area contributed by atoms with Crippen LogP contribution in [0.15, 0.2) is 30.5 Å². The molecule has 0 bridgehead atoms. The predicted molar refractivity (Wildman–Crippen MR) is 89.0 cm³/mol. The monoisotopic (exact) mass is 315 g/mol. The van der Waals surface area contributed by atoms with Gasteiger partial charge in [0.1, 0.15) is 18.2 Å². The highest BCUT2D eigenvalue weighted by atomic mass is 16.5. The van der Waals surface area contributed by atoms with Crippen molar-refractivity contribution < 1.29 is 9.47 Å². The zero-order valence-corrected chi connectivity index (χ0v) is 12.9. The van der Waals surface area contributed by atoms with Gasteiger partial charge in [-0.2, -0.15) is 4.98 Å². The first kappa shape index (κ1) is 15.5.